The fraction of sp³-hybridized carbons (Fsp3) is 0.409. The summed E-state index contributed by atoms with van der Waals surface area (Å²) in [6, 6.07) is 13.4. The molecule has 2 heterocycles. The first-order chi connectivity index (χ1) is 14.2. The minimum atomic E-state index is -0.155. The van der Waals surface area contributed by atoms with Crippen LogP contribution in [0.3, 0.4) is 0 Å². The van der Waals surface area contributed by atoms with Crippen LogP contribution in [0.25, 0.3) is 0 Å². The largest absolute Gasteiger partial charge is 0.497 e. The number of nitrogens with one attached hydrogen (secondary N) is 1. The molecule has 1 amide bonds. The maximum absolute atomic E-state index is 12.9. The Labute approximate surface area is 171 Å². The molecule has 154 valence electrons. The molecule has 7 heteroatoms. The number of methoxy groups -OCH3 is 1. The van der Waals surface area contributed by atoms with E-state index in [2.05, 4.69) is 27.2 Å². The second-order valence-corrected chi connectivity index (χ2v) is 7.09. The highest BCUT2D eigenvalue weighted by molar-refractivity contribution is 6.06. The van der Waals surface area contributed by atoms with Crippen molar-refractivity contribution in [3.05, 3.63) is 48.0 Å². The number of amides is 1. The standard InChI is InChI=1S/C22H27N3O4/c1-27-19-4-2-3-17(15-19)22(26)23-20-6-5-18(24-7-11-28-12-8-24)16-21(20)25-9-13-29-14-10-25/h2-6,15-16H,7-14H2,1H3,(H,23,26). The van der Waals surface area contributed by atoms with Crippen molar-refractivity contribution in [2.45, 2.75) is 0 Å². The predicted octanol–water partition coefficient (Wildman–Crippen LogP) is 2.62. The number of hydrogen-bond acceptors (Lipinski definition) is 6. The fourth-order valence-corrected chi connectivity index (χ4v) is 3.67. The number of ether oxygens (including phenoxy) is 3. The number of morpholine rings is 2. The Hall–Kier alpha value is -2.77. The van der Waals surface area contributed by atoms with Gasteiger partial charge in [0.2, 0.25) is 0 Å². The molecule has 0 unspecified atom stereocenters. The van der Waals surface area contributed by atoms with Crippen molar-refractivity contribution in [3.8, 4) is 5.75 Å². The summed E-state index contributed by atoms with van der Waals surface area (Å²) in [5.41, 5.74) is 3.54. The Bertz CT molecular complexity index is 846. The van der Waals surface area contributed by atoms with E-state index in [1.807, 2.05) is 18.2 Å². The molecule has 7 nitrogen and oxygen atoms in total. The molecule has 0 saturated carbocycles. The van der Waals surface area contributed by atoms with E-state index in [4.69, 9.17) is 14.2 Å². The van der Waals surface area contributed by atoms with E-state index in [1.165, 1.54) is 0 Å². The van der Waals surface area contributed by atoms with Crippen molar-refractivity contribution in [2.75, 3.05) is 74.8 Å². The maximum Gasteiger partial charge on any atom is 0.255 e. The van der Waals surface area contributed by atoms with Gasteiger partial charge in [0.15, 0.2) is 0 Å². The molecule has 0 radical (unpaired) electrons. The van der Waals surface area contributed by atoms with Gasteiger partial charge in [-0.25, -0.2) is 0 Å². The first-order valence-electron chi connectivity index (χ1n) is 9.99. The van der Waals surface area contributed by atoms with Gasteiger partial charge in [-0.3, -0.25) is 4.79 Å². The molecule has 0 aliphatic carbocycles. The van der Waals surface area contributed by atoms with Crippen LogP contribution >= 0.6 is 0 Å². The molecular weight excluding hydrogens is 370 g/mol. The summed E-state index contributed by atoms with van der Waals surface area (Å²) in [4.78, 5) is 17.5. The Balaban J connectivity index is 1.61. The number of carbonyl (C=O) groups is 1. The quantitative estimate of drug-likeness (QED) is 0.837. The van der Waals surface area contributed by atoms with Gasteiger partial charge < -0.3 is 29.3 Å². The summed E-state index contributed by atoms with van der Waals surface area (Å²) >= 11 is 0. The number of carbonyl (C=O) groups excluding carboxylic acids is 1. The first-order valence-corrected chi connectivity index (χ1v) is 9.99. The molecule has 0 aromatic heterocycles. The molecule has 29 heavy (non-hydrogen) atoms. The lowest BCUT2D eigenvalue weighted by Crippen LogP contribution is -2.38. The van der Waals surface area contributed by atoms with Crippen LogP contribution in [0, 0.1) is 0 Å². The van der Waals surface area contributed by atoms with Crippen LogP contribution in [-0.2, 0) is 9.47 Å². The lowest BCUT2D eigenvalue weighted by atomic mass is 10.1. The van der Waals surface area contributed by atoms with Gasteiger partial charge in [-0.15, -0.1) is 0 Å². The Morgan fingerprint density at radius 3 is 2.31 bits per heavy atom. The lowest BCUT2D eigenvalue weighted by molar-refractivity contribution is 0.102. The van der Waals surface area contributed by atoms with Gasteiger partial charge in [0, 0.05) is 37.4 Å². The van der Waals surface area contributed by atoms with Crippen LogP contribution in [0.5, 0.6) is 5.75 Å². The van der Waals surface area contributed by atoms with Gasteiger partial charge in [0.05, 0.1) is 44.9 Å². The molecule has 2 saturated heterocycles. The molecule has 0 spiro atoms. The molecule has 0 atom stereocenters. The Morgan fingerprint density at radius 2 is 1.62 bits per heavy atom. The molecule has 4 rings (SSSR count). The molecule has 2 aliphatic heterocycles. The molecule has 2 aromatic carbocycles. The zero-order valence-electron chi connectivity index (χ0n) is 16.7. The van der Waals surface area contributed by atoms with E-state index in [9.17, 15) is 4.79 Å². The normalized spacial score (nSPS) is 17.1. The highest BCUT2D eigenvalue weighted by atomic mass is 16.5. The number of benzene rings is 2. The smallest absolute Gasteiger partial charge is 0.255 e. The minimum Gasteiger partial charge on any atom is -0.497 e. The Kier molecular flexibility index (Phi) is 6.17. The number of anilines is 3. The van der Waals surface area contributed by atoms with Gasteiger partial charge >= 0.3 is 0 Å². The van der Waals surface area contributed by atoms with Crippen LogP contribution in [0.2, 0.25) is 0 Å². The topological polar surface area (TPSA) is 63.3 Å². The van der Waals surface area contributed by atoms with Crippen LogP contribution < -0.4 is 19.9 Å². The van der Waals surface area contributed by atoms with E-state index in [0.717, 1.165) is 56.5 Å². The van der Waals surface area contributed by atoms with E-state index >= 15 is 0 Å². The fourth-order valence-electron chi connectivity index (χ4n) is 3.67. The summed E-state index contributed by atoms with van der Waals surface area (Å²) in [5, 5.41) is 3.09. The second-order valence-electron chi connectivity index (χ2n) is 7.09. The van der Waals surface area contributed by atoms with Crippen molar-refractivity contribution in [1.82, 2.24) is 0 Å². The lowest BCUT2D eigenvalue weighted by Gasteiger charge is -2.33. The summed E-state index contributed by atoms with van der Waals surface area (Å²) in [5.74, 6) is 0.506. The average molecular weight is 397 g/mol. The van der Waals surface area contributed by atoms with Crippen LogP contribution in [-0.4, -0.2) is 65.6 Å². The number of hydrogen-bond donors (Lipinski definition) is 1. The first kappa shape index (κ1) is 19.5. The number of rotatable bonds is 5. The summed E-state index contributed by atoms with van der Waals surface area (Å²) in [6.45, 7) is 6.19. The van der Waals surface area contributed by atoms with Crippen molar-refractivity contribution >= 4 is 23.0 Å². The SMILES string of the molecule is COc1cccc(C(=O)Nc2ccc(N3CCOCC3)cc2N2CCOCC2)c1. The minimum absolute atomic E-state index is 0.155. The highest BCUT2D eigenvalue weighted by Crippen LogP contribution is 2.32. The zero-order chi connectivity index (χ0) is 20.1. The third-order valence-electron chi connectivity index (χ3n) is 5.29. The summed E-state index contributed by atoms with van der Waals surface area (Å²) in [7, 11) is 1.60. The third kappa shape index (κ3) is 4.63. The van der Waals surface area contributed by atoms with Gasteiger partial charge in [-0.1, -0.05) is 6.07 Å². The second kappa shape index (κ2) is 9.15. The summed E-state index contributed by atoms with van der Waals surface area (Å²) < 4.78 is 16.2. The molecule has 2 aromatic rings. The van der Waals surface area contributed by atoms with Gasteiger partial charge in [-0.05, 0) is 36.4 Å². The third-order valence-corrected chi connectivity index (χ3v) is 5.29. The van der Waals surface area contributed by atoms with E-state index in [1.54, 1.807) is 19.2 Å². The number of nitrogens with zero attached hydrogens (tertiary/aromatic N) is 2. The van der Waals surface area contributed by atoms with Gasteiger partial charge in [0.1, 0.15) is 5.75 Å². The summed E-state index contributed by atoms with van der Waals surface area (Å²) in [6.07, 6.45) is 0. The molecule has 2 aliphatic rings. The van der Waals surface area contributed by atoms with Crippen LogP contribution in [0.1, 0.15) is 10.4 Å². The Morgan fingerprint density at radius 1 is 0.931 bits per heavy atom. The van der Waals surface area contributed by atoms with E-state index in [-0.39, 0.29) is 5.91 Å². The van der Waals surface area contributed by atoms with Gasteiger partial charge in [-0.2, -0.15) is 0 Å². The van der Waals surface area contributed by atoms with Crippen molar-refractivity contribution in [1.29, 1.82) is 0 Å². The van der Waals surface area contributed by atoms with Crippen molar-refractivity contribution < 1.29 is 19.0 Å². The van der Waals surface area contributed by atoms with Crippen LogP contribution in [0.4, 0.5) is 17.1 Å². The molecular formula is C22H27N3O4. The molecule has 2 fully saturated rings. The van der Waals surface area contributed by atoms with Crippen molar-refractivity contribution in [2.24, 2.45) is 0 Å². The van der Waals surface area contributed by atoms with Crippen LogP contribution in [0.15, 0.2) is 42.5 Å². The van der Waals surface area contributed by atoms with Crippen molar-refractivity contribution in [3.63, 3.8) is 0 Å². The monoisotopic (exact) mass is 397 g/mol. The van der Waals surface area contributed by atoms with Gasteiger partial charge in [0.25, 0.3) is 5.91 Å². The molecule has 1 N–H and O–H groups in total. The average Bonchev–Trinajstić information content (AvgIpc) is 2.80. The zero-order valence-corrected chi connectivity index (χ0v) is 16.7. The van der Waals surface area contributed by atoms with E-state index in [0.29, 0.717) is 24.5 Å². The van der Waals surface area contributed by atoms with E-state index < -0.39 is 0 Å². The predicted molar refractivity (Wildman–Crippen MR) is 113 cm³/mol. The maximum atomic E-state index is 12.9. The highest BCUT2D eigenvalue weighted by Gasteiger charge is 2.20. The molecule has 0 bridgehead atoms.